The lowest BCUT2D eigenvalue weighted by atomic mass is 10.2. The van der Waals surface area contributed by atoms with Crippen LogP contribution in [0.2, 0.25) is 0 Å². The minimum Gasteiger partial charge on any atom is -0.494 e. The number of ether oxygens (including phenoxy) is 1. The van der Waals surface area contributed by atoms with Gasteiger partial charge in [-0.25, -0.2) is 9.78 Å². The lowest BCUT2D eigenvalue weighted by Crippen LogP contribution is -2.15. The Labute approximate surface area is 128 Å². The Bertz CT molecular complexity index is 803. The highest BCUT2D eigenvalue weighted by molar-refractivity contribution is 5.67. The van der Waals surface area contributed by atoms with Crippen LogP contribution in [0.4, 0.5) is 0 Å². The first-order chi connectivity index (χ1) is 10.7. The molecule has 0 bridgehead atoms. The van der Waals surface area contributed by atoms with Crippen molar-refractivity contribution < 1.29 is 9.15 Å². The number of oxazole rings is 1. The highest BCUT2D eigenvalue weighted by Crippen LogP contribution is 2.12. The van der Waals surface area contributed by atoms with Crippen molar-refractivity contribution in [2.45, 2.75) is 26.3 Å². The van der Waals surface area contributed by atoms with Gasteiger partial charge in [-0.1, -0.05) is 17.7 Å². The van der Waals surface area contributed by atoms with E-state index in [1.165, 1.54) is 5.56 Å². The van der Waals surface area contributed by atoms with E-state index >= 15 is 0 Å². The summed E-state index contributed by atoms with van der Waals surface area (Å²) in [6, 6.07) is 11.5. The second-order valence-electron chi connectivity index (χ2n) is 5.21. The normalized spacial score (nSPS) is 11.0. The molecule has 0 spiro atoms. The summed E-state index contributed by atoms with van der Waals surface area (Å²) >= 11 is 0. The smallest absolute Gasteiger partial charge is 0.421 e. The monoisotopic (exact) mass is 298 g/mol. The first-order valence-corrected chi connectivity index (χ1v) is 7.38. The van der Waals surface area contributed by atoms with Crippen molar-refractivity contribution in [3.8, 4) is 5.75 Å². The number of pyridine rings is 1. The number of hydrogen-bond acceptors (Lipinski definition) is 4. The van der Waals surface area contributed by atoms with Gasteiger partial charge in [-0.05, 0) is 44.0 Å². The molecule has 0 saturated carbocycles. The summed E-state index contributed by atoms with van der Waals surface area (Å²) in [7, 11) is 0. The van der Waals surface area contributed by atoms with Gasteiger partial charge in [0.2, 0.25) is 0 Å². The largest absolute Gasteiger partial charge is 0.494 e. The molecule has 0 saturated heterocycles. The van der Waals surface area contributed by atoms with Crippen molar-refractivity contribution in [3.63, 3.8) is 0 Å². The van der Waals surface area contributed by atoms with Crippen molar-refractivity contribution in [2.24, 2.45) is 0 Å². The van der Waals surface area contributed by atoms with Gasteiger partial charge in [-0.15, -0.1) is 0 Å². The van der Waals surface area contributed by atoms with Crippen LogP contribution in [0, 0.1) is 6.92 Å². The quantitative estimate of drug-likeness (QED) is 0.656. The van der Waals surface area contributed by atoms with Gasteiger partial charge in [-0.2, -0.15) is 0 Å². The molecule has 22 heavy (non-hydrogen) atoms. The Hall–Kier alpha value is -2.56. The standard InChI is InChI=1S/C17H18N2O3/c1-13-6-8-14(9-7-13)21-12-3-2-11-19-16-15(22-17(19)20)5-4-10-18-16/h4-10H,2-3,11-12H2,1H3. The molecule has 3 rings (SSSR count). The maximum absolute atomic E-state index is 11.8. The molecular weight excluding hydrogens is 280 g/mol. The Morgan fingerprint density at radius 3 is 2.82 bits per heavy atom. The Kier molecular flexibility index (Phi) is 4.23. The predicted molar refractivity (Wildman–Crippen MR) is 84.2 cm³/mol. The molecule has 0 fully saturated rings. The van der Waals surface area contributed by atoms with Crippen LogP contribution in [0.3, 0.4) is 0 Å². The number of fused-ring (bicyclic) bond motifs is 1. The van der Waals surface area contributed by atoms with Crippen LogP contribution < -0.4 is 10.5 Å². The third kappa shape index (κ3) is 3.19. The van der Waals surface area contributed by atoms with Gasteiger partial charge in [0.25, 0.3) is 0 Å². The van der Waals surface area contributed by atoms with E-state index in [1.54, 1.807) is 22.9 Å². The maximum atomic E-state index is 11.8. The molecule has 0 radical (unpaired) electrons. The second kappa shape index (κ2) is 6.47. The van der Waals surface area contributed by atoms with E-state index in [4.69, 9.17) is 9.15 Å². The molecule has 0 atom stereocenters. The van der Waals surface area contributed by atoms with Crippen LogP contribution in [0.25, 0.3) is 11.2 Å². The molecule has 0 amide bonds. The van der Waals surface area contributed by atoms with E-state index in [1.807, 2.05) is 31.2 Å². The van der Waals surface area contributed by atoms with E-state index in [9.17, 15) is 4.79 Å². The topological polar surface area (TPSA) is 57.3 Å². The average Bonchev–Trinajstić information content (AvgIpc) is 2.85. The van der Waals surface area contributed by atoms with Gasteiger partial charge in [0.15, 0.2) is 11.2 Å². The number of hydrogen-bond donors (Lipinski definition) is 0. The second-order valence-corrected chi connectivity index (χ2v) is 5.21. The van der Waals surface area contributed by atoms with E-state index in [0.29, 0.717) is 24.4 Å². The molecule has 5 heteroatoms. The molecule has 2 aromatic heterocycles. The summed E-state index contributed by atoms with van der Waals surface area (Å²) in [5.41, 5.74) is 2.35. The SMILES string of the molecule is Cc1ccc(OCCCCn2c(=O)oc3cccnc32)cc1. The first kappa shape index (κ1) is 14.4. The van der Waals surface area contributed by atoms with Crippen molar-refractivity contribution in [1.29, 1.82) is 0 Å². The molecule has 5 nitrogen and oxygen atoms in total. The first-order valence-electron chi connectivity index (χ1n) is 7.38. The van der Waals surface area contributed by atoms with Gasteiger partial charge in [0.1, 0.15) is 5.75 Å². The van der Waals surface area contributed by atoms with Gasteiger partial charge in [0.05, 0.1) is 6.61 Å². The lowest BCUT2D eigenvalue weighted by molar-refractivity contribution is 0.302. The highest BCUT2D eigenvalue weighted by atomic mass is 16.5. The molecule has 1 aromatic carbocycles. The van der Waals surface area contributed by atoms with Crippen LogP contribution in [0.1, 0.15) is 18.4 Å². The van der Waals surface area contributed by atoms with Gasteiger partial charge < -0.3 is 9.15 Å². The zero-order chi connectivity index (χ0) is 15.4. The fourth-order valence-corrected chi connectivity index (χ4v) is 2.29. The minimum atomic E-state index is -0.354. The highest BCUT2D eigenvalue weighted by Gasteiger charge is 2.08. The van der Waals surface area contributed by atoms with Crippen molar-refractivity contribution in [1.82, 2.24) is 9.55 Å². The summed E-state index contributed by atoms with van der Waals surface area (Å²) in [6.45, 7) is 3.26. The number of benzene rings is 1. The zero-order valence-corrected chi connectivity index (χ0v) is 12.5. The molecule has 114 valence electrons. The summed E-state index contributed by atoms with van der Waals surface area (Å²) in [5, 5.41) is 0. The van der Waals surface area contributed by atoms with Crippen LogP contribution in [-0.2, 0) is 6.54 Å². The lowest BCUT2D eigenvalue weighted by Gasteiger charge is -2.06. The molecular formula is C17H18N2O3. The summed E-state index contributed by atoms with van der Waals surface area (Å²) in [4.78, 5) is 16.0. The summed E-state index contributed by atoms with van der Waals surface area (Å²) < 4.78 is 12.4. The average molecular weight is 298 g/mol. The third-order valence-corrected chi connectivity index (χ3v) is 3.49. The van der Waals surface area contributed by atoms with E-state index in [0.717, 1.165) is 18.6 Å². The molecule has 0 aliphatic carbocycles. The Morgan fingerprint density at radius 1 is 1.18 bits per heavy atom. The number of rotatable bonds is 6. The summed E-state index contributed by atoms with van der Waals surface area (Å²) in [5.74, 6) is 0.520. The fourth-order valence-electron chi connectivity index (χ4n) is 2.29. The van der Waals surface area contributed by atoms with E-state index in [2.05, 4.69) is 4.98 Å². The van der Waals surface area contributed by atoms with Crippen LogP contribution >= 0.6 is 0 Å². The van der Waals surface area contributed by atoms with Crippen molar-refractivity contribution >= 4 is 11.2 Å². The van der Waals surface area contributed by atoms with Crippen LogP contribution in [-0.4, -0.2) is 16.2 Å². The van der Waals surface area contributed by atoms with E-state index < -0.39 is 0 Å². The van der Waals surface area contributed by atoms with Gasteiger partial charge in [-0.3, -0.25) is 4.57 Å². The van der Waals surface area contributed by atoms with E-state index in [-0.39, 0.29) is 5.76 Å². The number of unbranched alkanes of at least 4 members (excludes halogenated alkanes) is 1. The van der Waals surface area contributed by atoms with Crippen molar-refractivity contribution in [2.75, 3.05) is 6.61 Å². The number of nitrogens with zero attached hydrogens (tertiary/aromatic N) is 2. The molecule has 0 aliphatic rings. The maximum Gasteiger partial charge on any atom is 0.421 e. The minimum absolute atomic E-state index is 0.354. The fraction of sp³-hybridized carbons (Fsp3) is 0.294. The Balaban J connectivity index is 1.51. The molecule has 0 unspecified atom stereocenters. The summed E-state index contributed by atoms with van der Waals surface area (Å²) in [6.07, 6.45) is 3.35. The number of aromatic nitrogens is 2. The zero-order valence-electron chi connectivity index (χ0n) is 12.5. The molecule has 0 aliphatic heterocycles. The van der Waals surface area contributed by atoms with Gasteiger partial charge >= 0.3 is 5.76 Å². The third-order valence-electron chi connectivity index (χ3n) is 3.49. The van der Waals surface area contributed by atoms with Crippen molar-refractivity contribution in [3.05, 3.63) is 58.7 Å². The number of aryl methyl sites for hydroxylation is 2. The molecule has 0 N–H and O–H groups in total. The Morgan fingerprint density at radius 2 is 2.00 bits per heavy atom. The predicted octanol–water partition coefficient (Wildman–Crippen LogP) is 3.16. The molecule has 3 aromatic rings. The van der Waals surface area contributed by atoms with Gasteiger partial charge in [0, 0.05) is 12.7 Å². The van der Waals surface area contributed by atoms with Crippen LogP contribution in [0.5, 0.6) is 5.75 Å². The molecule has 2 heterocycles. The van der Waals surface area contributed by atoms with Crippen LogP contribution in [0.15, 0.2) is 51.8 Å².